The van der Waals surface area contributed by atoms with E-state index in [2.05, 4.69) is 11.4 Å². The number of carbonyl (C=O) groups excluding carboxylic acids is 1. The number of benzene rings is 1. The van der Waals surface area contributed by atoms with Gasteiger partial charge in [-0.25, -0.2) is 0 Å². The molecule has 0 bridgehead atoms. The second-order valence-electron chi connectivity index (χ2n) is 6.54. The molecule has 2 aliphatic heterocycles. The molecule has 2 aliphatic rings. The second kappa shape index (κ2) is 8.03. The maximum absolute atomic E-state index is 12.3. The highest BCUT2D eigenvalue weighted by molar-refractivity contribution is 5.76. The fourth-order valence-corrected chi connectivity index (χ4v) is 3.37. The molecular formula is C18H26N2O5. The Morgan fingerprint density at radius 2 is 2.08 bits per heavy atom. The van der Waals surface area contributed by atoms with Gasteiger partial charge in [0.15, 0.2) is 11.5 Å². The zero-order valence-electron chi connectivity index (χ0n) is 14.6. The van der Waals surface area contributed by atoms with E-state index in [1.165, 1.54) is 0 Å². The summed E-state index contributed by atoms with van der Waals surface area (Å²) in [6.07, 6.45) is 1.70. The predicted molar refractivity (Wildman–Crippen MR) is 91.8 cm³/mol. The van der Waals surface area contributed by atoms with E-state index in [0.29, 0.717) is 26.3 Å². The van der Waals surface area contributed by atoms with E-state index in [-0.39, 0.29) is 30.6 Å². The first-order valence-electron chi connectivity index (χ1n) is 8.64. The van der Waals surface area contributed by atoms with E-state index in [1.54, 1.807) is 7.11 Å². The molecule has 0 aliphatic carbocycles. The number of amides is 1. The van der Waals surface area contributed by atoms with Gasteiger partial charge in [-0.05, 0) is 30.5 Å². The molecule has 0 aromatic heterocycles. The zero-order chi connectivity index (χ0) is 17.7. The first-order chi connectivity index (χ1) is 12.2. The number of hydrogen-bond acceptors (Lipinski definition) is 6. The Hall–Kier alpha value is -1.83. The maximum atomic E-state index is 12.3. The second-order valence-corrected chi connectivity index (χ2v) is 6.54. The molecule has 0 radical (unpaired) electrons. The van der Waals surface area contributed by atoms with E-state index in [9.17, 15) is 4.79 Å². The molecule has 1 fully saturated rings. The molecular weight excluding hydrogens is 324 g/mol. The Morgan fingerprint density at radius 1 is 1.32 bits per heavy atom. The molecule has 7 nitrogen and oxygen atoms in total. The first-order valence-corrected chi connectivity index (χ1v) is 8.64. The normalized spacial score (nSPS) is 19.4. The topological polar surface area (TPSA) is 92.0 Å². The maximum Gasteiger partial charge on any atom is 0.231 e. The van der Waals surface area contributed by atoms with Crippen LogP contribution < -0.4 is 20.5 Å². The number of methoxy groups -OCH3 is 1. The number of carbonyl (C=O) groups is 1. The van der Waals surface area contributed by atoms with Crippen molar-refractivity contribution >= 4 is 5.91 Å². The van der Waals surface area contributed by atoms with Gasteiger partial charge in [0.2, 0.25) is 12.7 Å². The third-order valence-corrected chi connectivity index (χ3v) is 5.07. The van der Waals surface area contributed by atoms with Gasteiger partial charge in [0.25, 0.3) is 0 Å². The van der Waals surface area contributed by atoms with E-state index in [4.69, 9.17) is 24.7 Å². The molecule has 138 valence electrons. The number of hydrogen-bond donors (Lipinski definition) is 2. The van der Waals surface area contributed by atoms with Gasteiger partial charge >= 0.3 is 0 Å². The third-order valence-electron chi connectivity index (χ3n) is 5.07. The van der Waals surface area contributed by atoms with Crippen molar-refractivity contribution < 1.29 is 23.7 Å². The van der Waals surface area contributed by atoms with Gasteiger partial charge in [-0.1, -0.05) is 6.07 Å². The number of nitrogens with one attached hydrogen (secondary N) is 1. The van der Waals surface area contributed by atoms with Crippen LogP contribution in [0.3, 0.4) is 0 Å². The average molecular weight is 350 g/mol. The van der Waals surface area contributed by atoms with Gasteiger partial charge in [0.05, 0.1) is 12.5 Å². The summed E-state index contributed by atoms with van der Waals surface area (Å²) >= 11 is 0. The minimum Gasteiger partial charge on any atom is -0.454 e. The molecule has 3 rings (SSSR count). The van der Waals surface area contributed by atoms with Gasteiger partial charge in [-0.2, -0.15) is 0 Å². The lowest BCUT2D eigenvalue weighted by Gasteiger charge is -2.38. The van der Waals surface area contributed by atoms with Crippen molar-refractivity contribution in [2.75, 3.05) is 40.2 Å². The zero-order valence-corrected chi connectivity index (χ0v) is 14.6. The Balaban J connectivity index is 1.72. The standard InChI is InChI=1S/C18H26N2O5/c1-22-14(10-19)9-17(21)20-11-18(4-6-23-7-5-18)13-2-3-15-16(8-13)25-12-24-15/h2-3,8,14H,4-7,9-12,19H2,1H3,(H,20,21). The largest absolute Gasteiger partial charge is 0.454 e. The minimum absolute atomic E-state index is 0.0519. The Morgan fingerprint density at radius 3 is 2.80 bits per heavy atom. The van der Waals surface area contributed by atoms with E-state index >= 15 is 0 Å². The summed E-state index contributed by atoms with van der Waals surface area (Å²) in [7, 11) is 1.57. The quantitative estimate of drug-likeness (QED) is 0.760. The Bertz CT molecular complexity index is 597. The van der Waals surface area contributed by atoms with Crippen LogP contribution in [0.2, 0.25) is 0 Å². The van der Waals surface area contributed by atoms with Gasteiger partial charge in [0, 0.05) is 38.8 Å². The Labute approximate surface area is 147 Å². The van der Waals surface area contributed by atoms with Crippen LogP contribution in [0.5, 0.6) is 11.5 Å². The highest BCUT2D eigenvalue weighted by Crippen LogP contribution is 2.40. The van der Waals surface area contributed by atoms with E-state index in [0.717, 1.165) is 29.9 Å². The number of ether oxygens (including phenoxy) is 4. The van der Waals surface area contributed by atoms with Crippen LogP contribution in [0.15, 0.2) is 18.2 Å². The third kappa shape index (κ3) is 4.05. The molecule has 1 aromatic rings. The molecule has 1 atom stereocenters. The molecule has 1 amide bonds. The lowest BCUT2D eigenvalue weighted by atomic mass is 9.74. The van der Waals surface area contributed by atoms with Crippen LogP contribution in [-0.4, -0.2) is 52.2 Å². The predicted octanol–water partition coefficient (Wildman–Crippen LogP) is 0.944. The molecule has 1 unspecified atom stereocenters. The smallest absolute Gasteiger partial charge is 0.231 e. The average Bonchev–Trinajstić information content (AvgIpc) is 3.13. The fourth-order valence-electron chi connectivity index (χ4n) is 3.37. The summed E-state index contributed by atoms with van der Waals surface area (Å²) < 4.78 is 21.6. The van der Waals surface area contributed by atoms with Crippen molar-refractivity contribution in [3.05, 3.63) is 23.8 Å². The fraction of sp³-hybridized carbons (Fsp3) is 0.611. The summed E-state index contributed by atoms with van der Waals surface area (Å²) in [6, 6.07) is 6.02. The van der Waals surface area contributed by atoms with Crippen LogP contribution in [0, 0.1) is 0 Å². The highest BCUT2D eigenvalue weighted by Gasteiger charge is 2.36. The lowest BCUT2D eigenvalue weighted by molar-refractivity contribution is -0.123. The summed E-state index contributed by atoms with van der Waals surface area (Å²) in [5.74, 6) is 1.47. The van der Waals surface area contributed by atoms with Crippen LogP contribution in [0.25, 0.3) is 0 Å². The summed E-state index contributed by atoms with van der Waals surface area (Å²) in [5.41, 5.74) is 6.57. The molecule has 0 saturated carbocycles. The molecule has 1 aromatic carbocycles. The van der Waals surface area contributed by atoms with Crippen LogP contribution in [0.4, 0.5) is 0 Å². The van der Waals surface area contributed by atoms with Gasteiger partial charge in [0.1, 0.15) is 0 Å². The molecule has 3 N–H and O–H groups in total. The van der Waals surface area contributed by atoms with Gasteiger partial charge < -0.3 is 30.0 Å². The lowest BCUT2D eigenvalue weighted by Crippen LogP contribution is -2.45. The van der Waals surface area contributed by atoms with Crippen molar-refractivity contribution in [3.8, 4) is 11.5 Å². The summed E-state index contributed by atoms with van der Waals surface area (Å²) in [6.45, 7) is 2.48. The number of rotatable bonds is 7. The molecule has 2 heterocycles. The molecule has 25 heavy (non-hydrogen) atoms. The molecule has 1 saturated heterocycles. The first kappa shape index (κ1) is 18.0. The van der Waals surface area contributed by atoms with Gasteiger partial charge in [-0.3, -0.25) is 4.79 Å². The number of nitrogens with two attached hydrogens (primary N) is 1. The van der Waals surface area contributed by atoms with Gasteiger partial charge in [-0.15, -0.1) is 0 Å². The van der Waals surface area contributed by atoms with Crippen LogP contribution in [-0.2, 0) is 19.7 Å². The van der Waals surface area contributed by atoms with Crippen molar-refractivity contribution in [1.82, 2.24) is 5.32 Å². The summed E-state index contributed by atoms with van der Waals surface area (Å²) in [5, 5.41) is 3.06. The van der Waals surface area contributed by atoms with Crippen molar-refractivity contribution in [1.29, 1.82) is 0 Å². The van der Waals surface area contributed by atoms with Crippen LogP contribution in [0.1, 0.15) is 24.8 Å². The monoisotopic (exact) mass is 350 g/mol. The highest BCUT2D eigenvalue weighted by atomic mass is 16.7. The minimum atomic E-state index is -0.254. The Kier molecular flexibility index (Phi) is 5.78. The van der Waals surface area contributed by atoms with Crippen molar-refractivity contribution in [2.24, 2.45) is 5.73 Å². The van der Waals surface area contributed by atoms with Crippen molar-refractivity contribution in [2.45, 2.75) is 30.8 Å². The van der Waals surface area contributed by atoms with Crippen LogP contribution >= 0.6 is 0 Å². The van der Waals surface area contributed by atoms with E-state index < -0.39 is 0 Å². The van der Waals surface area contributed by atoms with Crippen molar-refractivity contribution in [3.63, 3.8) is 0 Å². The molecule has 7 heteroatoms. The SMILES string of the molecule is COC(CN)CC(=O)NCC1(c2ccc3c(c2)OCO3)CCOCC1. The summed E-state index contributed by atoms with van der Waals surface area (Å²) in [4.78, 5) is 12.3. The number of fused-ring (bicyclic) bond motifs is 1. The molecule has 0 spiro atoms. The van der Waals surface area contributed by atoms with E-state index in [1.807, 2.05) is 12.1 Å².